The predicted octanol–water partition coefficient (Wildman–Crippen LogP) is 5.83. The molecule has 6 rings (SSSR count). The van der Waals surface area contributed by atoms with Gasteiger partial charge in [0.15, 0.2) is 5.96 Å². The highest BCUT2D eigenvalue weighted by atomic mass is 35.5. The molecule has 2 aromatic heterocycles. The number of benzene rings is 2. The van der Waals surface area contributed by atoms with Gasteiger partial charge in [0.25, 0.3) is 0 Å². The lowest BCUT2D eigenvalue weighted by molar-refractivity contribution is -0.138. The molecule has 4 heterocycles. The second-order valence-electron chi connectivity index (χ2n) is 15.9. The van der Waals surface area contributed by atoms with Crippen LogP contribution in [0.2, 0.25) is 5.02 Å². The molecule has 6 N–H and O–H groups in total. The molecule has 0 spiro atoms. The number of aliphatic hydroxyl groups is 1. The number of piperidine rings is 1. The van der Waals surface area contributed by atoms with Crippen molar-refractivity contribution in [2.45, 2.75) is 109 Å². The summed E-state index contributed by atoms with van der Waals surface area (Å²) in [6, 6.07) is 13.4. The Morgan fingerprint density at radius 3 is 2.48 bits per heavy atom. The van der Waals surface area contributed by atoms with Crippen LogP contribution < -0.4 is 16.8 Å². The normalized spacial score (nSPS) is 18.6. The molecule has 2 saturated heterocycles. The number of thiazole rings is 2. The van der Waals surface area contributed by atoms with Crippen molar-refractivity contribution in [3.05, 3.63) is 79.7 Å². The predicted molar refractivity (Wildman–Crippen MR) is 227 cm³/mol. The van der Waals surface area contributed by atoms with Gasteiger partial charge in [-0.25, -0.2) is 14.8 Å². The molecule has 14 nitrogen and oxygen atoms in total. The number of aliphatic imine (C=N–C) groups is 1. The van der Waals surface area contributed by atoms with Crippen molar-refractivity contribution in [3.63, 3.8) is 0 Å². The molecular formula is C41H53ClN8O6S2. The Morgan fingerprint density at radius 1 is 1.07 bits per heavy atom. The number of nitrogens with zero attached hydrogens (tertiary/aromatic N) is 5. The van der Waals surface area contributed by atoms with Gasteiger partial charge in [-0.1, -0.05) is 35.9 Å². The van der Waals surface area contributed by atoms with Gasteiger partial charge in [0.2, 0.25) is 11.8 Å². The van der Waals surface area contributed by atoms with Gasteiger partial charge in [-0.3, -0.25) is 14.6 Å². The molecule has 2 aliphatic heterocycles. The first-order valence-electron chi connectivity index (χ1n) is 19.6. The van der Waals surface area contributed by atoms with E-state index in [-0.39, 0.29) is 49.9 Å². The zero-order valence-electron chi connectivity index (χ0n) is 33.4. The smallest absolute Gasteiger partial charge is 0.410 e. The number of carbonyl (C=O) groups excluding carboxylic acids is 3. The number of carbonyl (C=O) groups is 3. The first-order valence-corrected chi connectivity index (χ1v) is 21.6. The molecule has 0 radical (unpaired) electrons. The van der Waals surface area contributed by atoms with Gasteiger partial charge < -0.3 is 41.2 Å². The van der Waals surface area contributed by atoms with Crippen LogP contribution in [0.1, 0.15) is 91.0 Å². The zero-order valence-corrected chi connectivity index (χ0v) is 35.7. The van der Waals surface area contributed by atoms with Crippen molar-refractivity contribution in [2.75, 3.05) is 26.2 Å². The van der Waals surface area contributed by atoms with E-state index in [1.54, 1.807) is 33.3 Å². The summed E-state index contributed by atoms with van der Waals surface area (Å²) in [5.74, 6) is -0.519. The number of aryl methyl sites for hydroxylation is 1. The minimum absolute atomic E-state index is 0.0169. The minimum Gasteiger partial charge on any atom is -0.444 e. The summed E-state index contributed by atoms with van der Waals surface area (Å²) in [5, 5.41) is 16.8. The molecular weight excluding hydrogens is 800 g/mol. The van der Waals surface area contributed by atoms with Crippen LogP contribution in [0.25, 0.3) is 10.2 Å². The Labute approximate surface area is 352 Å². The maximum absolute atomic E-state index is 14.3. The van der Waals surface area contributed by atoms with E-state index in [9.17, 15) is 19.5 Å². The van der Waals surface area contributed by atoms with E-state index in [1.807, 2.05) is 64.1 Å². The molecule has 312 valence electrons. The fourth-order valence-electron chi connectivity index (χ4n) is 7.20. The monoisotopic (exact) mass is 852 g/mol. The number of aliphatic hydroxyl groups excluding tert-OH is 1. The van der Waals surface area contributed by atoms with Crippen LogP contribution in [0.5, 0.6) is 0 Å². The third-order valence-electron chi connectivity index (χ3n) is 10.2. The molecule has 58 heavy (non-hydrogen) atoms. The van der Waals surface area contributed by atoms with Crippen molar-refractivity contribution in [3.8, 4) is 0 Å². The van der Waals surface area contributed by atoms with Crippen molar-refractivity contribution in [1.82, 2.24) is 25.1 Å². The van der Waals surface area contributed by atoms with Crippen LogP contribution in [0.3, 0.4) is 0 Å². The number of likely N-dealkylation sites (tertiary alicyclic amines) is 2. The number of hydrogen-bond acceptors (Lipinski definition) is 11. The highest BCUT2D eigenvalue weighted by molar-refractivity contribution is 7.18. The summed E-state index contributed by atoms with van der Waals surface area (Å²) >= 11 is 9.03. The third kappa shape index (κ3) is 11.4. The van der Waals surface area contributed by atoms with Gasteiger partial charge in [0.1, 0.15) is 22.8 Å². The van der Waals surface area contributed by atoms with Crippen LogP contribution in [-0.2, 0) is 32.1 Å². The topological polar surface area (TPSA) is 199 Å². The Balaban J connectivity index is 1.17. The lowest BCUT2D eigenvalue weighted by Crippen LogP contribution is -2.50. The molecule has 4 atom stereocenters. The number of amides is 3. The molecule has 0 bridgehead atoms. The number of guanidine groups is 1. The molecule has 0 aliphatic carbocycles. The first kappa shape index (κ1) is 43.2. The van der Waals surface area contributed by atoms with Gasteiger partial charge in [-0.15, -0.1) is 22.7 Å². The fourth-order valence-corrected chi connectivity index (χ4v) is 9.45. The lowest BCUT2D eigenvalue weighted by Gasteiger charge is -2.32. The largest absolute Gasteiger partial charge is 0.444 e. The van der Waals surface area contributed by atoms with E-state index in [0.29, 0.717) is 48.2 Å². The van der Waals surface area contributed by atoms with Crippen molar-refractivity contribution >= 4 is 68.4 Å². The number of halogens is 1. The average Bonchev–Trinajstić information content (AvgIpc) is 3.92. The SMILES string of the molecule is Cc1sc(C2CCN(C(=O)OC(C)(C)C)CC2)nc1CC(=O)N1C[C@H](OCc2ccc(Cl)cc2)C[C@H]1C(=O)N[C@@H](CCCN=C(N)N)C(O)c1nc2ccccc2s1. The fraction of sp³-hybridized carbons (Fsp3) is 0.512. The summed E-state index contributed by atoms with van der Waals surface area (Å²) in [7, 11) is 0. The van der Waals surface area contributed by atoms with Gasteiger partial charge in [-0.2, -0.15) is 0 Å². The summed E-state index contributed by atoms with van der Waals surface area (Å²) in [5.41, 5.74) is 12.9. The van der Waals surface area contributed by atoms with E-state index < -0.39 is 35.8 Å². The van der Waals surface area contributed by atoms with Crippen LogP contribution in [0, 0.1) is 6.92 Å². The molecule has 2 aliphatic rings. The van der Waals surface area contributed by atoms with Gasteiger partial charge >= 0.3 is 6.09 Å². The van der Waals surface area contributed by atoms with E-state index in [4.69, 9.17) is 37.5 Å². The second-order valence-corrected chi connectivity index (χ2v) is 18.6. The highest BCUT2D eigenvalue weighted by Gasteiger charge is 2.42. The molecule has 4 aromatic rings. The number of hydrogen-bond donors (Lipinski definition) is 4. The van der Waals surface area contributed by atoms with Crippen LogP contribution in [-0.4, -0.2) is 98.7 Å². The van der Waals surface area contributed by atoms with Crippen molar-refractivity contribution in [2.24, 2.45) is 16.5 Å². The lowest BCUT2D eigenvalue weighted by atomic mass is 9.98. The molecule has 2 fully saturated rings. The summed E-state index contributed by atoms with van der Waals surface area (Å²) in [6.45, 7) is 9.47. The van der Waals surface area contributed by atoms with Crippen LogP contribution >= 0.6 is 34.3 Å². The minimum atomic E-state index is -1.12. The number of fused-ring (bicyclic) bond motifs is 1. The molecule has 17 heteroatoms. The van der Waals surface area contributed by atoms with Gasteiger partial charge in [-0.05, 0) is 83.2 Å². The van der Waals surface area contributed by atoms with Crippen molar-refractivity contribution in [1.29, 1.82) is 0 Å². The second kappa shape index (κ2) is 19.1. The number of aromatic nitrogens is 2. The molecule has 2 aromatic carbocycles. The third-order valence-corrected chi connectivity index (χ3v) is 12.8. The van der Waals surface area contributed by atoms with Gasteiger partial charge in [0, 0.05) is 48.4 Å². The maximum atomic E-state index is 14.3. The number of para-hydroxylation sites is 1. The Hall–Kier alpha value is -4.35. The van der Waals surface area contributed by atoms with Crippen LogP contribution in [0.4, 0.5) is 4.79 Å². The number of nitrogens with two attached hydrogens (primary N) is 2. The highest BCUT2D eigenvalue weighted by Crippen LogP contribution is 2.34. The van der Waals surface area contributed by atoms with E-state index in [2.05, 4.69) is 15.3 Å². The van der Waals surface area contributed by atoms with Gasteiger partial charge in [0.05, 0.1) is 46.1 Å². The zero-order chi connectivity index (χ0) is 41.6. The van der Waals surface area contributed by atoms with Crippen LogP contribution in [0.15, 0.2) is 53.5 Å². The number of ether oxygens (including phenoxy) is 2. The number of nitrogens with one attached hydrogen (secondary N) is 1. The summed E-state index contributed by atoms with van der Waals surface area (Å²) in [6.07, 6.45) is 0.764. The molecule has 1 unspecified atom stereocenters. The average molecular weight is 854 g/mol. The number of rotatable bonds is 14. The summed E-state index contributed by atoms with van der Waals surface area (Å²) in [4.78, 5) is 59.2. The van der Waals surface area contributed by atoms with E-state index in [1.165, 1.54) is 11.3 Å². The van der Waals surface area contributed by atoms with Crippen molar-refractivity contribution < 1.29 is 29.0 Å². The first-order chi connectivity index (χ1) is 27.6. The van der Waals surface area contributed by atoms with E-state index in [0.717, 1.165) is 38.5 Å². The maximum Gasteiger partial charge on any atom is 0.410 e. The quantitative estimate of drug-likeness (QED) is 0.0680. The molecule has 3 amide bonds. The summed E-state index contributed by atoms with van der Waals surface area (Å²) < 4.78 is 12.8. The van der Waals surface area contributed by atoms with E-state index >= 15 is 0 Å². The Morgan fingerprint density at radius 2 is 1.79 bits per heavy atom. The molecule has 0 saturated carbocycles. The standard InChI is InChI=1S/C41H53ClN8O6S2/c1-24-31(48-37(57-24)26-15-18-49(19-16-26)40(54)56-41(2,3)4)21-34(51)50-22-28(55-23-25-11-13-27(42)14-12-25)20-32(50)36(53)46-30(9-7-17-45-39(43)44)35(52)38-47-29-8-5-6-10-33(29)58-38/h5-6,8,10-14,26,28,30,32,35,52H,7,9,15-23H2,1-4H3,(H,46,53)(H4,43,44,45)/t28-,30+,32+,35?/m1/s1. The Kier molecular flexibility index (Phi) is 14.3. The Bertz CT molecular complexity index is 2040.